The molecule has 7 heteroatoms. The van der Waals surface area contributed by atoms with Crippen LogP contribution >= 0.6 is 0 Å². The number of benzene rings is 2. The molecule has 0 aromatic heterocycles. The van der Waals surface area contributed by atoms with Crippen molar-refractivity contribution in [2.75, 3.05) is 34.4 Å². The fourth-order valence-electron chi connectivity index (χ4n) is 2.83. The summed E-state index contributed by atoms with van der Waals surface area (Å²) in [5.41, 5.74) is 3.92. The summed E-state index contributed by atoms with van der Waals surface area (Å²) in [5.74, 6) is 1.47. The number of carbonyl (C=O) groups is 1. The summed E-state index contributed by atoms with van der Waals surface area (Å²) in [6, 6.07) is 13.7. The van der Waals surface area contributed by atoms with Crippen LogP contribution in [0, 0.1) is 6.92 Å². The molecule has 0 aliphatic carbocycles. The van der Waals surface area contributed by atoms with Gasteiger partial charge in [-0.2, -0.15) is 0 Å². The highest BCUT2D eigenvalue weighted by molar-refractivity contribution is 5.93. The molecule has 2 aromatic carbocycles. The van der Waals surface area contributed by atoms with Gasteiger partial charge >= 0.3 is 0 Å². The van der Waals surface area contributed by atoms with Crippen molar-refractivity contribution in [2.24, 2.45) is 4.99 Å². The first-order chi connectivity index (χ1) is 14.6. The molecule has 7 nitrogen and oxygen atoms in total. The summed E-state index contributed by atoms with van der Waals surface area (Å²) < 4.78 is 11.0. The summed E-state index contributed by atoms with van der Waals surface area (Å²) in [4.78, 5) is 15.9. The Labute approximate surface area is 178 Å². The van der Waals surface area contributed by atoms with Crippen LogP contribution in [-0.2, 0) is 17.8 Å². The molecule has 0 radical (unpaired) electrons. The monoisotopic (exact) mass is 412 g/mol. The minimum Gasteiger partial charge on any atom is -0.493 e. The maximum Gasteiger partial charge on any atom is 0.251 e. The van der Waals surface area contributed by atoms with Gasteiger partial charge in [-0.15, -0.1) is 0 Å². The first-order valence-corrected chi connectivity index (χ1v) is 10.0. The Hall–Kier alpha value is -3.06. The van der Waals surface area contributed by atoms with Crippen molar-refractivity contribution in [1.29, 1.82) is 0 Å². The molecule has 0 aliphatic rings. The second-order valence-electron chi connectivity index (χ2n) is 6.86. The average Bonchev–Trinajstić information content (AvgIpc) is 2.77. The molecule has 0 bridgehead atoms. The molecular formula is C23H32N4O3. The van der Waals surface area contributed by atoms with E-state index < -0.39 is 0 Å². The number of hydrogen-bond donors (Lipinski definition) is 3. The van der Waals surface area contributed by atoms with Crippen LogP contribution in [0.2, 0.25) is 0 Å². The Morgan fingerprint density at radius 1 is 1.03 bits per heavy atom. The van der Waals surface area contributed by atoms with E-state index in [0.717, 1.165) is 28.9 Å². The smallest absolute Gasteiger partial charge is 0.251 e. The van der Waals surface area contributed by atoms with Gasteiger partial charge in [0.15, 0.2) is 5.96 Å². The number of rotatable bonds is 10. The van der Waals surface area contributed by atoms with Crippen LogP contribution in [0.4, 0.5) is 0 Å². The topological polar surface area (TPSA) is 84.0 Å². The molecule has 0 atom stereocenters. The maximum atomic E-state index is 11.6. The van der Waals surface area contributed by atoms with Gasteiger partial charge in [0.1, 0.15) is 5.75 Å². The van der Waals surface area contributed by atoms with Crippen molar-refractivity contribution < 1.29 is 14.3 Å². The first kappa shape index (κ1) is 23.2. The third kappa shape index (κ3) is 7.40. The van der Waals surface area contributed by atoms with Crippen molar-refractivity contribution in [3.05, 3.63) is 64.7 Å². The molecule has 2 rings (SSSR count). The SMILES string of the molecule is CN=C(NCc1ccc(C(=O)NC)cc1)NCc1ccc(C)cc1OCCCOC. The van der Waals surface area contributed by atoms with E-state index in [-0.39, 0.29) is 5.91 Å². The molecule has 0 aliphatic heterocycles. The molecule has 162 valence electrons. The van der Waals surface area contributed by atoms with E-state index in [1.54, 1.807) is 21.2 Å². The molecule has 30 heavy (non-hydrogen) atoms. The van der Waals surface area contributed by atoms with Gasteiger partial charge in [-0.3, -0.25) is 9.79 Å². The van der Waals surface area contributed by atoms with E-state index in [9.17, 15) is 4.79 Å². The highest BCUT2D eigenvalue weighted by Gasteiger charge is 2.07. The van der Waals surface area contributed by atoms with Crippen LogP contribution < -0.4 is 20.7 Å². The molecule has 0 saturated carbocycles. The van der Waals surface area contributed by atoms with E-state index >= 15 is 0 Å². The van der Waals surface area contributed by atoms with Crippen LogP contribution in [0.25, 0.3) is 0 Å². The molecule has 1 amide bonds. The highest BCUT2D eigenvalue weighted by atomic mass is 16.5. The second-order valence-corrected chi connectivity index (χ2v) is 6.86. The molecule has 2 aromatic rings. The summed E-state index contributed by atoms with van der Waals surface area (Å²) in [6.07, 6.45) is 0.846. The number of hydrogen-bond acceptors (Lipinski definition) is 4. The van der Waals surface area contributed by atoms with E-state index in [0.29, 0.717) is 37.8 Å². The molecule has 0 fully saturated rings. The lowest BCUT2D eigenvalue weighted by Gasteiger charge is -2.15. The fourth-order valence-corrected chi connectivity index (χ4v) is 2.83. The van der Waals surface area contributed by atoms with Crippen LogP contribution in [0.3, 0.4) is 0 Å². The summed E-state index contributed by atoms with van der Waals surface area (Å²) in [6.45, 7) is 4.54. The Kier molecular flexibility index (Phi) is 9.67. The van der Waals surface area contributed by atoms with Crippen molar-refractivity contribution >= 4 is 11.9 Å². The number of ether oxygens (including phenoxy) is 2. The zero-order valence-corrected chi connectivity index (χ0v) is 18.2. The molecule has 0 heterocycles. The molecular weight excluding hydrogens is 380 g/mol. The second kappa shape index (κ2) is 12.5. The van der Waals surface area contributed by atoms with Gasteiger partial charge < -0.3 is 25.4 Å². The zero-order valence-electron chi connectivity index (χ0n) is 18.2. The summed E-state index contributed by atoms with van der Waals surface area (Å²) >= 11 is 0. The number of guanidine groups is 1. The van der Waals surface area contributed by atoms with Gasteiger partial charge in [-0.05, 0) is 36.2 Å². The van der Waals surface area contributed by atoms with Crippen LogP contribution in [0.5, 0.6) is 5.75 Å². The van der Waals surface area contributed by atoms with E-state index in [1.165, 1.54) is 0 Å². The Morgan fingerprint density at radius 2 is 1.77 bits per heavy atom. The lowest BCUT2D eigenvalue weighted by atomic mass is 10.1. The van der Waals surface area contributed by atoms with Crippen LogP contribution in [-0.4, -0.2) is 46.3 Å². The molecule has 0 unspecified atom stereocenters. The van der Waals surface area contributed by atoms with E-state index in [1.807, 2.05) is 30.3 Å². The highest BCUT2D eigenvalue weighted by Crippen LogP contribution is 2.20. The minimum absolute atomic E-state index is 0.0923. The number of nitrogens with zero attached hydrogens (tertiary/aromatic N) is 1. The van der Waals surface area contributed by atoms with Crippen molar-refractivity contribution in [3.8, 4) is 5.75 Å². The average molecular weight is 413 g/mol. The molecule has 3 N–H and O–H groups in total. The maximum absolute atomic E-state index is 11.6. The van der Waals surface area contributed by atoms with Gasteiger partial charge in [-0.25, -0.2) is 0 Å². The number of aliphatic imine (C=N–C) groups is 1. The fraction of sp³-hybridized carbons (Fsp3) is 0.391. The van der Waals surface area contributed by atoms with Gasteiger partial charge in [0, 0.05) is 58.4 Å². The van der Waals surface area contributed by atoms with Crippen molar-refractivity contribution in [3.63, 3.8) is 0 Å². The number of nitrogens with one attached hydrogen (secondary N) is 3. The Morgan fingerprint density at radius 3 is 2.43 bits per heavy atom. The van der Waals surface area contributed by atoms with Crippen LogP contribution in [0.1, 0.15) is 33.5 Å². The van der Waals surface area contributed by atoms with Crippen molar-refractivity contribution in [2.45, 2.75) is 26.4 Å². The molecule has 0 spiro atoms. The van der Waals surface area contributed by atoms with Gasteiger partial charge in [0.25, 0.3) is 5.91 Å². The minimum atomic E-state index is -0.0923. The lowest BCUT2D eigenvalue weighted by molar-refractivity contribution is 0.0963. The third-order valence-corrected chi connectivity index (χ3v) is 4.55. The lowest BCUT2D eigenvalue weighted by Crippen LogP contribution is -2.36. The number of carbonyl (C=O) groups excluding carboxylic acids is 1. The number of aryl methyl sites for hydroxylation is 1. The standard InChI is InChI=1S/C23H32N4O3/c1-17-6-9-20(21(14-17)30-13-5-12-29-4)16-27-23(25-3)26-15-18-7-10-19(11-8-18)22(28)24-2/h6-11,14H,5,12-13,15-16H2,1-4H3,(H,24,28)(H2,25,26,27). The molecule has 0 saturated heterocycles. The van der Waals surface area contributed by atoms with E-state index in [2.05, 4.69) is 40.0 Å². The predicted molar refractivity (Wildman–Crippen MR) is 120 cm³/mol. The predicted octanol–water partition coefficient (Wildman–Crippen LogP) is 2.64. The summed E-state index contributed by atoms with van der Waals surface area (Å²) in [7, 11) is 5.05. The summed E-state index contributed by atoms with van der Waals surface area (Å²) in [5, 5.41) is 9.24. The Bertz CT molecular complexity index is 835. The normalized spacial score (nSPS) is 11.1. The number of methoxy groups -OCH3 is 1. The van der Waals surface area contributed by atoms with Gasteiger partial charge in [0.2, 0.25) is 0 Å². The van der Waals surface area contributed by atoms with Gasteiger partial charge in [0.05, 0.1) is 6.61 Å². The van der Waals surface area contributed by atoms with E-state index in [4.69, 9.17) is 9.47 Å². The number of amides is 1. The first-order valence-electron chi connectivity index (χ1n) is 10.0. The quantitative estimate of drug-likeness (QED) is 0.317. The zero-order chi connectivity index (χ0) is 21.8. The largest absolute Gasteiger partial charge is 0.493 e. The van der Waals surface area contributed by atoms with Gasteiger partial charge in [-0.1, -0.05) is 24.3 Å². The van der Waals surface area contributed by atoms with Crippen molar-refractivity contribution in [1.82, 2.24) is 16.0 Å². The van der Waals surface area contributed by atoms with Crippen LogP contribution in [0.15, 0.2) is 47.5 Å². The third-order valence-electron chi connectivity index (χ3n) is 4.55. The Balaban J connectivity index is 1.90.